The molecule has 0 bridgehead atoms. The van der Waals surface area contributed by atoms with Crippen LogP contribution < -0.4 is 9.84 Å². The molecule has 0 aromatic heterocycles. The average Bonchev–Trinajstić information content (AvgIpc) is 2.78. The summed E-state index contributed by atoms with van der Waals surface area (Å²) in [6.45, 7) is 6.28. The second-order valence-electron chi connectivity index (χ2n) is 5.74. The number of carbonyl (C=O) groups is 1. The van der Waals surface area contributed by atoms with Gasteiger partial charge in [0.05, 0.1) is 22.5 Å². The van der Waals surface area contributed by atoms with Crippen molar-refractivity contribution in [1.29, 1.82) is 0 Å². The molecule has 0 atom stereocenters. The fourth-order valence-electron chi connectivity index (χ4n) is 2.25. The molecule has 1 aliphatic rings. The Labute approximate surface area is 154 Å². The quantitative estimate of drug-likeness (QED) is 0.323. The van der Waals surface area contributed by atoms with Crippen LogP contribution in [0.5, 0.6) is 11.5 Å². The maximum absolute atomic E-state index is 12.5. The van der Waals surface area contributed by atoms with Gasteiger partial charge in [0.1, 0.15) is 10.1 Å². The van der Waals surface area contributed by atoms with Crippen LogP contribution in [0.3, 0.4) is 0 Å². The van der Waals surface area contributed by atoms with Gasteiger partial charge >= 0.3 is 0 Å². The molecule has 1 aromatic rings. The molecule has 0 spiro atoms. The van der Waals surface area contributed by atoms with Crippen LogP contribution in [-0.4, -0.2) is 33.2 Å². The number of benzene rings is 1. The fraction of sp³-hybridized carbons (Fsp3) is 0.375. The van der Waals surface area contributed by atoms with Crippen molar-refractivity contribution in [2.75, 3.05) is 13.2 Å². The van der Waals surface area contributed by atoms with Gasteiger partial charge in [0.15, 0.2) is 0 Å². The lowest BCUT2D eigenvalue weighted by Gasteiger charge is -2.17. The van der Waals surface area contributed by atoms with Crippen LogP contribution in [0.25, 0.3) is 6.08 Å². The van der Waals surface area contributed by atoms with Gasteiger partial charge in [-0.2, -0.15) is 0 Å². The highest BCUT2D eigenvalue weighted by Crippen LogP contribution is 2.38. The zero-order valence-corrected chi connectivity index (χ0v) is 15.6. The number of nitro benzene ring substituents is 1. The zero-order chi connectivity index (χ0) is 18.7. The average molecular weight is 381 g/mol. The molecule has 25 heavy (non-hydrogen) atoms. The number of rotatable bonds is 6. The second kappa shape index (κ2) is 7.83. The fourth-order valence-corrected chi connectivity index (χ4v) is 3.51. The highest BCUT2D eigenvalue weighted by molar-refractivity contribution is 8.26. The van der Waals surface area contributed by atoms with Gasteiger partial charge in [0, 0.05) is 12.6 Å². The van der Waals surface area contributed by atoms with Crippen LogP contribution in [0.15, 0.2) is 17.0 Å². The summed E-state index contributed by atoms with van der Waals surface area (Å²) in [5.74, 6) is -0.672. The molecule has 1 saturated heterocycles. The lowest BCUT2D eigenvalue weighted by molar-refractivity contribution is -0.385. The van der Waals surface area contributed by atoms with Crippen molar-refractivity contribution in [1.82, 2.24) is 4.90 Å². The van der Waals surface area contributed by atoms with Crippen molar-refractivity contribution in [3.63, 3.8) is 0 Å². The molecule has 0 radical (unpaired) electrons. The Hall–Kier alpha value is -2.13. The number of hydrogen-bond donors (Lipinski definition) is 0. The van der Waals surface area contributed by atoms with Gasteiger partial charge in [-0.3, -0.25) is 19.8 Å². The third-order valence-electron chi connectivity index (χ3n) is 3.29. The monoisotopic (exact) mass is 381 g/mol. The maximum atomic E-state index is 12.5. The van der Waals surface area contributed by atoms with Crippen molar-refractivity contribution in [3.05, 3.63) is 32.7 Å². The number of carbonyl (C=O) groups excluding carboxylic acids is 1. The zero-order valence-electron chi connectivity index (χ0n) is 14.0. The number of thioether (sulfide) groups is 1. The summed E-state index contributed by atoms with van der Waals surface area (Å²) in [5, 5.41) is 23.5. The van der Waals surface area contributed by atoms with Gasteiger partial charge in [-0.1, -0.05) is 43.6 Å². The smallest absolute Gasteiger partial charge is 0.273 e. The van der Waals surface area contributed by atoms with Crippen molar-refractivity contribution in [2.24, 2.45) is 5.92 Å². The van der Waals surface area contributed by atoms with Crippen LogP contribution in [0.4, 0.5) is 5.69 Å². The van der Waals surface area contributed by atoms with Crippen molar-refractivity contribution in [2.45, 2.75) is 20.8 Å². The second-order valence-corrected chi connectivity index (χ2v) is 7.41. The molecule has 1 aromatic carbocycles. The Morgan fingerprint density at radius 3 is 2.68 bits per heavy atom. The van der Waals surface area contributed by atoms with E-state index >= 15 is 0 Å². The molecule has 7 nitrogen and oxygen atoms in total. The summed E-state index contributed by atoms with van der Waals surface area (Å²) in [6, 6.07) is 2.23. The molecule has 0 saturated carbocycles. The van der Waals surface area contributed by atoms with Gasteiger partial charge in [0.2, 0.25) is 0 Å². The van der Waals surface area contributed by atoms with E-state index in [4.69, 9.17) is 17.0 Å². The van der Waals surface area contributed by atoms with Crippen LogP contribution in [-0.2, 0) is 4.79 Å². The summed E-state index contributed by atoms with van der Waals surface area (Å²) in [4.78, 5) is 24.7. The van der Waals surface area contributed by atoms with E-state index < -0.39 is 10.7 Å². The number of nitrogens with zero attached hydrogens (tertiary/aromatic N) is 2. The normalized spacial score (nSPS) is 16.2. The van der Waals surface area contributed by atoms with Crippen molar-refractivity contribution in [3.8, 4) is 11.5 Å². The molecule has 0 aliphatic carbocycles. The first kappa shape index (κ1) is 19.2. The molecule has 1 aliphatic heterocycles. The van der Waals surface area contributed by atoms with Crippen LogP contribution in [0.1, 0.15) is 26.3 Å². The van der Waals surface area contributed by atoms with Crippen LogP contribution >= 0.6 is 24.0 Å². The number of thiocarbonyl (C=S) groups is 1. The van der Waals surface area contributed by atoms with Crippen molar-refractivity contribution >= 4 is 46.0 Å². The summed E-state index contributed by atoms with van der Waals surface area (Å²) in [6.07, 6.45) is 1.34. The van der Waals surface area contributed by atoms with Crippen LogP contribution in [0, 0.1) is 16.0 Å². The molecule has 134 valence electrons. The van der Waals surface area contributed by atoms with Gasteiger partial charge in [-0.25, -0.2) is 0 Å². The summed E-state index contributed by atoms with van der Waals surface area (Å²) >= 11 is 6.29. The van der Waals surface area contributed by atoms with E-state index in [0.717, 1.165) is 23.9 Å². The topological polar surface area (TPSA) is 95.7 Å². The molecule has 0 unspecified atom stereocenters. The standard InChI is InChI=1S/C16H18N2O5S2/c1-4-23-12-7-11(18(21)22)5-10(14(12)19)6-13-15(20)17(8-9(2)3)16(24)25-13/h5-7,9,19H,4,8H2,1-3H3/p-1/b13-6-. The first-order chi connectivity index (χ1) is 11.7. The number of nitro groups is 1. The highest BCUT2D eigenvalue weighted by Gasteiger charge is 2.32. The predicted molar refractivity (Wildman–Crippen MR) is 98.4 cm³/mol. The van der Waals surface area contributed by atoms with Gasteiger partial charge in [-0.05, 0) is 24.5 Å². The van der Waals surface area contributed by atoms with E-state index in [9.17, 15) is 20.0 Å². The number of non-ortho nitro benzene ring substituents is 1. The largest absolute Gasteiger partial charge is 0.870 e. The minimum atomic E-state index is -0.608. The molecular formula is C16H17N2O5S2-. The molecule has 1 heterocycles. The van der Waals surface area contributed by atoms with Crippen LogP contribution in [0.2, 0.25) is 0 Å². The Balaban J connectivity index is 2.45. The van der Waals surface area contributed by atoms with Gasteiger partial charge < -0.3 is 9.84 Å². The third-order valence-corrected chi connectivity index (χ3v) is 4.66. The molecule has 1 amide bonds. The molecule has 2 rings (SSSR count). The third kappa shape index (κ3) is 4.29. The number of ether oxygens (including phenoxy) is 1. The van der Waals surface area contributed by atoms with E-state index in [2.05, 4.69) is 0 Å². The molecular weight excluding hydrogens is 364 g/mol. The minimum Gasteiger partial charge on any atom is -0.870 e. The van der Waals surface area contributed by atoms with E-state index in [1.807, 2.05) is 13.8 Å². The predicted octanol–water partition coefficient (Wildman–Crippen LogP) is 2.92. The van der Waals surface area contributed by atoms with E-state index in [0.29, 0.717) is 10.9 Å². The van der Waals surface area contributed by atoms with E-state index in [-0.39, 0.29) is 40.3 Å². The first-order valence-electron chi connectivity index (χ1n) is 7.62. The Morgan fingerprint density at radius 1 is 1.44 bits per heavy atom. The lowest BCUT2D eigenvalue weighted by atomic mass is 10.1. The van der Waals surface area contributed by atoms with E-state index in [1.165, 1.54) is 11.0 Å². The Bertz CT molecular complexity index is 761. The number of hydrogen-bond acceptors (Lipinski definition) is 7. The summed E-state index contributed by atoms with van der Waals surface area (Å²) < 4.78 is 5.59. The first-order valence-corrected chi connectivity index (χ1v) is 8.84. The molecule has 9 heteroatoms. The summed E-state index contributed by atoms with van der Waals surface area (Å²) in [7, 11) is 0. The maximum Gasteiger partial charge on any atom is 0.273 e. The lowest BCUT2D eigenvalue weighted by Crippen LogP contribution is -2.31. The highest BCUT2D eigenvalue weighted by atomic mass is 32.2. The SMILES string of the molecule is CCOc1cc([N+](=O)[O-])cc(/C=C2\SC(=S)N(CC(C)C)C2=O)c1[O-]. The summed E-state index contributed by atoms with van der Waals surface area (Å²) in [5.41, 5.74) is -0.241. The van der Waals surface area contributed by atoms with Gasteiger partial charge in [0.25, 0.3) is 11.6 Å². The van der Waals surface area contributed by atoms with Gasteiger partial charge in [-0.15, -0.1) is 0 Å². The minimum absolute atomic E-state index is 0.0303. The van der Waals surface area contributed by atoms with E-state index in [1.54, 1.807) is 6.92 Å². The molecule has 0 N–H and O–H groups in total. The Kier molecular flexibility index (Phi) is 6.02. The molecule has 1 fully saturated rings. The van der Waals surface area contributed by atoms with Crippen molar-refractivity contribution < 1.29 is 19.6 Å². The number of amides is 1. The Morgan fingerprint density at radius 2 is 2.12 bits per heavy atom.